The lowest BCUT2D eigenvalue weighted by molar-refractivity contribution is 0.0726. The number of nitrogens with zero attached hydrogens (tertiary/aromatic N) is 1. The summed E-state index contributed by atoms with van der Waals surface area (Å²) in [6, 6.07) is 4.59. The van der Waals surface area contributed by atoms with E-state index in [1.54, 1.807) is 7.11 Å². The molecule has 3 nitrogen and oxygen atoms in total. The van der Waals surface area contributed by atoms with Crippen LogP contribution in [0.4, 0.5) is 0 Å². The first-order valence-corrected chi connectivity index (χ1v) is 7.60. The van der Waals surface area contributed by atoms with Gasteiger partial charge in [-0.2, -0.15) is 0 Å². The Morgan fingerprint density at radius 3 is 2.50 bits per heavy atom. The number of hydrogen-bond acceptors (Lipinski definition) is 3. The molecule has 0 bridgehead atoms. The molecular weight excluding hydrogens is 250 g/mol. The van der Waals surface area contributed by atoms with Crippen molar-refractivity contribution in [2.45, 2.75) is 52.2 Å². The summed E-state index contributed by atoms with van der Waals surface area (Å²) in [6.45, 7) is 8.20. The standard InChI is InChI=1S/C17H27NO2/c1-12-9-15(20-4)10-13(2)17(12)16(19)11-18-8-6-5-7-14(18)3/h9-10,14,16,19H,5-8,11H2,1-4H3. The highest BCUT2D eigenvalue weighted by Gasteiger charge is 2.23. The number of rotatable bonds is 4. The van der Waals surface area contributed by atoms with Crippen LogP contribution in [0.25, 0.3) is 0 Å². The van der Waals surface area contributed by atoms with Crippen molar-refractivity contribution in [3.63, 3.8) is 0 Å². The second-order valence-electron chi connectivity index (χ2n) is 6.03. The molecule has 1 aliphatic heterocycles. The van der Waals surface area contributed by atoms with Gasteiger partial charge in [-0.3, -0.25) is 4.90 Å². The summed E-state index contributed by atoms with van der Waals surface area (Å²) in [5, 5.41) is 10.6. The van der Waals surface area contributed by atoms with Crippen molar-refractivity contribution >= 4 is 0 Å². The van der Waals surface area contributed by atoms with Crippen molar-refractivity contribution in [3.05, 3.63) is 28.8 Å². The van der Waals surface area contributed by atoms with Crippen LogP contribution in [0.1, 0.15) is 49.0 Å². The summed E-state index contributed by atoms with van der Waals surface area (Å²) in [5.74, 6) is 0.863. The third-order valence-corrected chi connectivity index (χ3v) is 4.48. The van der Waals surface area contributed by atoms with Crippen LogP contribution in [0.15, 0.2) is 12.1 Å². The molecule has 1 aromatic carbocycles. The first-order chi connectivity index (χ1) is 9.52. The van der Waals surface area contributed by atoms with Crippen LogP contribution in [0.2, 0.25) is 0 Å². The first-order valence-electron chi connectivity index (χ1n) is 7.60. The highest BCUT2D eigenvalue weighted by molar-refractivity contribution is 5.42. The molecule has 1 N–H and O–H groups in total. The molecule has 1 heterocycles. The van der Waals surface area contributed by atoms with E-state index in [0.29, 0.717) is 6.04 Å². The fourth-order valence-corrected chi connectivity index (χ4v) is 3.32. The van der Waals surface area contributed by atoms with Gasteiger partial charge in [0.1, 0.15) is 5.75 Å². The number of methoxy groups -OCH3 is 1. The predicted molar refractivity (Wildman–Crippen MR) is 82.3 cm³/mol. The minimum absolute atomic E-state index is 0.415. The normalized spacial score (nSPS) is 21.8. The van der Waals surface area contributed by atoms with Crippen molar-refractivity contribution < 1.29 is 9.84 Å². The maximum Gasteiger partial charge on any atom is 0.119 e. The third kappa shape index (κ3) is 3.33. The Morgan fingerprint density at radius 2 is 1.95 bits per heavy atom. The molecule has 0 aliphatic carbocycles. The number of ether oxygens (including phenoxy) is 1. The van der Waals surface area contributed by atoms with Crippen LogP contribution in [0.3, 0.4) is 0 Å². The largest absolute Gasteiger partial charge is 0.497 e. The fourth-order valence-electron chi connectivity index (χ4n) is 3.32. The summed E-state index contributed by atoms with van der Waals surface area (Å²) >= 11 is 0. The van der Waals surface area contributed by atoms with Gasteiger partial charge in [0.05, 0.1) is 13.2 Å². The van der Waals surface area contributed by atoms with Gasteiger partial charge in [0.25, 0.3) is 0 Å². The van der Waals surface area contributed by atoms with Gasteiger partial charge < -0.3 is 9.84 Å². The Balaban J connectivity index is 2.14. The Hall–Kier alpha value is -1.06. The minimum atomic E-state index is -0.415. The molecule has 1 saturated heterocycles. The topological polar surface area (TPSA) is 32.7 Å². The predicted octanol–water partition coefficient (Wildman–Crippen LogP) is 3.22. The van der Waals surface area contributed by atoms with E-state index in [2.05, 4.69) is 11.8 Å². The van der Waals surface area contributed by atoms with Crippen LogP contribution < -0.4 is 4.74 Å². The molecule has 1 aliphatic rings. The number of likely N-dealkylation sites (tertiary alicyclic amines) is 1. The maximum absolute atomic E-state index is 10.6. The quantitative estimate of drug-likeness (QED) is 0.917. The highest BCUT2D eigenvalue weighted by Crippen LogP contribution is 2.29. The second-order valence-corrected chi connectivity index (χ2v) is 6.03. The van der Waals surface area contributed by atoms with E-state index in [9.17, 15) is 5.11 Å². The number of aliphatic hydroxyl groups excluding tert-OH is 1. The number of aryl methyl sites for hydroxylation is 2. The van der Waals surface area contributed by atoms with Gasteiger partial charge in [-0.1, -0.05) is 6.42 Å². The Labute approximate surface area is 122 Å². The molecule has 112 valence electrons. The summed E-state index contributed by atoms with van der Waals surface area (Å²) in [4.78, 5) is 2.41. The molecule has 0 aromatic heterocycles. The number of β-amino-alcohol motifs (C(OH)–C–C–N with tert-alkyl or cyclic N) is 1. The van der Waals surface area contributed by atoms with Crippen LogP contribution in [-0.2, 0) is 0 Å². The Morgan fingerprint density at radius 1 is 1.30 bits per heavy atom. The number of piperidine rings is 1. The smallest absolute Gasteiger partial charge is 0.119 e. The molecule has 2 atom stereocenters. The molecule has 2 rings (SSSR count). The van der Waals surface area contributed by atoms with Crippen molar-refractivity contribution in [2.24, 2.45) is 0 Å². The lowest BCUT2D eigenvalue weighted by Gasteiger charge is -2.35. The average Bonchev–Trinajstić information content (AvgIpc) is 2.40. The van der Waals surface area contributed by atoms with Crippen LogP contribution in [0.5, 0.6) is 5.75 Å². The third-order valence-electron chi connectivity index (χ3n) is 4.48. The lowest BCUT2D eigenvalue weighted by Crippen LogP contribution is -2.40. The van der Waals surface area contributed by atoms with Crippen LogP contribution in [-0.4, -0.2) is 36.2 Å². The van der Waals surface area contributed by atoms with Crippen LogP contribution >= 0.6 is 0 Å². The zero-order valence-electron chi connectivity index (χ0n) is 13.1. The van der Waals surface area contributed by atoms with Crippen molar-refractivity contribution in [3.8, 4) is 5.75 Å². The number of hydrogen-bond donors (Lipinski definition) is 1. The molecule has 0 spiro atoms. The zero-order valence-corrected chi connectivity index (χ0v) is 13.1. The first kappa shape index (κ1) is 15.3. The summed E-state index contributed by atoms with van der Waals surface area (Å²) < 4.78 is 5.29. The van der Waals surface area contributed by atoms with E-state index in [4.69, 9.17) is 4.74 Å². The number of aliphatic hydroxyl groups is 1. The Kier molecular flexibility index (Phi) is 5.06. The van der Waals surface area contributed by atoms with E-state index in [-0.39, 0.29) is 0 Å². The molecular formula is C17H27NO2. The van der Waals surface area contributed by atoms with Gasteiger partial charge in [-0.25, -0.2) is 0 Å². The lowest BCUT2D eigenvalue weighted by atomic mass is 9.95. The van der Waals surface area contributed by atoms with E-state index in [1.807, 2.05) is 26.0 Å². The minimum Gasteiger partial charge on any atom is -0.497 e. The summed E-state index contributed by atoms with van der Waals surface area (Å²) in [6.07, 6.45) is 3.39. The monoisotopic (exact) mass is 277 g/mol. The summed E-state index contributed by atoms with van der Waals surface area (Å²) in [5.41, 5.74) is 3.28. The van der Waals surface area contributed by atoms with E-state index < -0.39 is 6.10 Å². The van der Waals surface area contributed by atoms with Gasteiger partial charge in [-0.05, 0) is 69.0 Å². The molecule has 1 aromatic rings. The van der Waals surface area contributed by atoms with E-state index >= 15 is 0 Å². The van der Waals surface area contributed by atoms with Gasteiger partial charge in [-0.15, -0.1) is 0 Å². The molecule has 0 amide bonds. The number of benzene rings is 1. The maximum atomic E-state index is 10.6. The van der Waals surface area contributed by atoms with Crippen molar-refractivity contribution in [1.82, 2.24) is 4.90 Å². The highest BCUT2D eigenvalue weighted by atomic mass is 16.5. The zero-order chi connectivity index (χ0) is 14.7. The van der Waals surface area contributed by atoms with Gasteiger partial charge in [0.2, 0.25) is 0 Å². The van der Waals surface area contributed by atoms with Gasteiger partial charge in [0, 0.05) is 12.6 Å². The molecule has 20 heavy (non-hydrogen) atoms. The molecule has 0 saturated carbocycles. The molecule has 1 fully saturated rings. The van der Waals surface area contributed by atoms with E-state index in [1.165, 1.54) is 19.3 Å². The molecule has 0 radical (unpaired) electrons. The second kappa shape index (κ2) is 6.59. The summed E-state index contributed by atoms with van der Waals surface area (Å²) in [7, 11) is 1.68. The van der Waals surface area contributed by atoms with E-state index in [0.717, 1.165) is 35.5 Å². The fraction of sp³-hybridized carbons (Fsp3) is 0.647. The van der Waals surface area contributed by atoms with Crippen LogP contribution in [0, 0.1) is 13.8 Å². The van der Waals surface area contributed by atoms with Crippen molar-refractivity contribution in [2.75, 3.05) is 20.2 Å². The SMILES string of the molecule is COc1cc(C)c(C(O)CN2CCCCC2C)c(C)c1. The van der Waals surface area contributed by atoms with Gasteiger partial charge in [0.15, 0.2) is 0 Å². The van der Waals surface area contributed by atoms with Gasteiger partial charge >= 0.3 is 0 Å². The molecule has 2 unspecified atom stereocenters. The average molecular weight is 277 g/mol. The van der Waals surface area contributed by atoms with Crippen molar-refractivity contribution in [1.29, 1.82) is 0 Å². The molecule has 3 heteroatoms. The Bertz CT molecular complexity index is 435.